The first-order valence-electron chi connectivity index (χ1n) is 8.95. The summed E-state index contributed by atoms with van der Waals surface area (Å²) in [5.41, 5.74) is 1.50. The van der Waals surface area contributed by atoms with Gasteiger partial charge in [0.2, 0.25) is 10.0 Å². The maximum absolute atomic E-state index is 13.2. The molecule has 0 radical (unpaired) electrons. The van der Waals surface area contributed by atoms with Crippen LogP contribution in [-0.2, 0) is 25.6 Å². The second-order valence-electron chi connectivity index (χ2n) is 7.17. The Morgan fingerprint density at radius 2 is 1.70 bits per heavy atom. The lowest BCUT2D eigenvalue weighted by molar-refractivity contribution is -0.134. The minimum absolute atomic E-state index is 0.0508. The zero-order chi connectivity index (χ0) is 22.1. The molecule has 1 amide bonds. The molecule has 0 spiro atoms. The number of benzene rings is 2. The number of hydroxylamine groups is 1. The van der Waals surface area contributed by atoms with Crippen molar-refractivity contribution in [1.29, 1.82) is 0 Å². The van der Waals surface area contributed by atoms with E-state index in [2.05, 4.69) is 0 Å². The Hall–Kier alpha value is -1.98. The number of sulfonamides is 1. The monoisotopic (exact) mass is 472 g/mol. The molecular weight excluding hydrogens is 452 g/mol. The van der Waals surface area contributed by atoms with Gasteiger partial charge in [0.1, 0.15) is 17.5 Å². The van der Waals surface area contributed by atoms with E-state index in [-0.39, 0.29) is 17.2 Å². The van der Waals surface area contributed by atoms with Crippen molar-refractivity contribution in [3.63, 3.8) is 0 Å². The van der Waals surface area contributed by atoms with Crippen molar-refractivity contribution in [2.24, 2.45) is 0 Å². The molecule has 30 heavy (non-hydrogen) atoms. The Morgan fingerprint density at radius 1 is 1.17 bits per heavy atom. The molecule has 162 valence electrons. The van der Waals surface area contributed by atoms with E-state index in [0.717, 1.165) is 4.31 Å². The fraction of sp³-hybridized carbons (Fsp3) is 0.316. The molecule has 2 atom stereocenters. The number of nitrogens with zero attached hydrogens (tertiary/aromatic N) is 1. The summed E-state index contributed by atoms with van der Waals surface area (Å²) < 4.78 is 44.3. The highest BCUT2D eigenvalue weighted by Crippen LogP contribution is 2.33. The third kappa shape index (κ3) is 4.37. The standard InChI is InChI=1S/C19H21ClN2O6S2/c1-19(2)17(18(23)21-24)22(11-12-29(19)25)30(26,27)16-9-7-15(8-10-16)28-14-5-3-13(20)4-6-14/h3-10,17,24H,11-12H2,1-2H3,(H,21,23)/t17-,29?/m0/s1. The van der Waals surface area contributed by atoms with Crippen LogP contribution in [0.4, 0.5) is 0 Å². The van der Waals surface area contributed by atoms with Gasteiger partial charge in [-0.15, -0.1) is 0 Å². The summed E-state index contributed by atoms with van der Waals surface area (Å²) >= 11 is 5.84. The number of rotatable bonds is 5. The van der Waals surface area contributed by atoms with Gasteiger partial charge >= 0.3 is 0 Å². The minimum atomic E-state index is -4.10. The van der Waals surface area contributed by atoms with Crippen LogP contribution in [0.5, 0.6) is 11.5 Å². The lowest BCUT2D eigenvalue weighted by Crippen LogP contribution is -2.64. The van der Waals surface area contributed by atoms with Crippen LogP contribution in [0.25, 0.3) is 0 Å². The number of amides is 1. The molecule has 2 aromatic carbocycles. The molecule has 1 saturated heterocycles. The van der Waals surface area contributed by atoms with Gasteiger partial charge in [-0.3, -0.25) is 14.2 Å². The second-order valence-corrected chi connectivity index (χ2v) is 11.7. The predicted molar refractivity (Wildman–Crippen MR) is 113 cm³/mol. The Balaban J connectivity index is 1.89. The molecule has 1 aliphatic heterocycles. The van der Waals surface area contributed by atoms with Crippen molar-refractivity contribution >= 4 is 38.3 Å². The molecule has 0 saturated carbocycles. The van der Waals surface area contributed by atoms with E-state index in [9.17, 15) is 17.4 Å². The van der Waals surface area contributed by atoms with E-state index in [4.69, 9.17) is 21.5 Å². The number of nitrogens with one attached hydrogen (secondary N) is 1. The Labute approximate surface area is 182 Å². The van der Waals surface area contributed by atoms with Gasteiger partial charge in [-0.1, -0.05) is 11.6 Å². The minimum Gasteiger partial charge on any atom is -0.457 e. The third-order valence-corrected chi connectivity index (χ3v) is 8.95. The molecule has 1 aliphatic rings. The summed E-state index contributed by atoms with van der Waals surface area (Å²) in [6.07, 6.45) is 0. The molecule has 0 aromatic heterocycles. The molecule has 2 aromatic rings. The van der Waals surface area contributed by atoms with Crippen LogP contribution in [0, 0.1) is 0 Å². The fourth-order valence-corrected chi connectivity index (χ4v) is 6.66. The number of carbonyl (C=O) groups excluding carboxylic acids is 1. The summed E-state index contributed by atoms with van der Waals surface area (Å²) in [7, 11) is -5.55. The largest absolute Gasteiger partial charge is 0.457 e. The number of hydrogen-bond acceptors (Lipinski definition) is 6. The van der Waals surface area contributed by atoms with Crippen LogP contribution in [0.1, 0.15) is 13.8 Å². The van der Waals surface area contributed by atoms with Crippen LogP contribution in [0.3, 0.4) is 0 Å². The number of carbonyl (C=O) groups is 1. The van der Waals surface area contributed by atoms with E-state index >= 15 is 0 Å². The van der Waals surface area contributed by atoms with Crippen LogP contribution < -0.4 is 10.2 Å². The van der Waals surface area contributed by atoms with Gasteiger partial charge in [0.15, 0.2) is 0 Å². The third-order valence-electron chi connectivity index (χ3n) is 4.87. The van der Waals surface area contributed by atoms with E-state index in [1.165, 1.54) is 43.6 Å². The average Bonchev–Trinajstić information content (AvgIpc) is 2.71. The summed E-state index contributed by atoms with van der Waals surface area (Å²) in [5.74, 6) is 0.106. The summed E-state index contributed by atoms with van der Waals surface area (Å²) in [5, 5.41) is 9.67. The summed E-state index contributed by atoms with van der Waals surface area (Å²) in [6, 6.07) is 11.1. The van der Waals surface area contributed by atoms with Crippen molar-refractivity contribution < 1.29 is 27.4 Å². The SMILES string of the molecule is CC1(C)[C@H](C(=O)NO)N(S(=O)(=O)c2ccc(Oc3ccc(Cl)cc3)cc2)CCS1=O. The fourth-order valence-electron chi connectivity index (χ4n) is 3.26. The van der Waals surface area contributed by atoms with E-state index < -0.39 is 37.5 Å². The van der Waals surface area contributed by atoms with Gasteiger partial charge < -0.3 is 4.74 Å². The zero-order valence-electron chi connectivity index (χ0n) is 16.2. The highest BCUT2D eigenvalue weighted by molar-refractivity contribution is 7.90. The molecular formula is C19H21ClN2O6S2. The van der Waals surface area contributed by atoms with Gasteiger partial charge in [-0.05, 0) is 62.4 Å². The Bertz CT molecular complexity index is 1060. The molecule has 3 rings (SSSR count). The maximum atomic E-state index is 13.2. The summed E-state index contributed by atoms with van der Waals surface area (Å²) in [6.45, 7) is 2.96. The topological polar surface area (TPSA) is 113 Å². The van der Waals surface area contributed by atoms with E-state index in [0.29, 0.717) is 16.5 Å². The van der Waals surface area contributed by atoms with Gasteiger partial charge in [-0.2, -0.15) is 4.31 Å². The van der Waals surface area contributed by atoms with Gasteiger partial charge in [0.25, 0.3) is 5.91 Å². The van der Waals surface area contributed by atoms with Crippen molar-refractivity contribution in [2.75, 3.05) is 12.3 Å². The molecule has 2 N–H and O–H groups in total. The highest BCUT2D eigenvalue weighted by atomic mass is 35.5. The Morgan fingerprint density at radius 3 is 2.23 bits per heavy atom. The van der Waals surface area contributed by atoms with Gasteiger partial charge in [-0.25, -0.2) is 13.9 Å². The van der Waals surface area contributed by atoms with Crippen molar-refractivity contribution in [3.8, 4) is 11.5 Å². The zero-order valence-corrected chi connectivity index (χ0v) is 18.6. The first-order valence-corrected chi connectivity index (χ1v) is 12.1. The summed E-state index contributed by atoms with van der Waals surface area (Å²) in [4.78, 5) is 12.2. The van der Waals surface area contributed by atoms with Gasteiger partial charge in [0, 0.05) is 28.1 Å². The number of ether oxygens (including phenoxy) is 1. The van der Waals surface area contributed by atoms with E-state index in [1.807, 2.05) is 0 Å². The predicted octanol–water partition coefficient (Wildman–Crippen LogP) is 2.54. The number of hydrogen-bond donors (Lipinski definition) is 2. The van der Waals surface area contributed by atoms with Crippen molar-refractivity contribution in [1.82, 2.24) is 9.79 Å². The molecule has 0 aliphatic carbocycles. The number of halogens is 1. The Kier molecular flexibility index (Phi) is 6.54. The van der Waals surface area contributed by atoms with Crippen LogP contribution in [0.15, 0.2) is 53.4 Å². The molecule has 11 heteroatoms. The molecule has 1 unspecified atom stereocenters. The lowest BCUT2D eigenvalue weighted by atomic mass is 10.0. The highest BCUT2D eigenvalue weighted by Gasteiger charge is 2.51. The lowest BCUT2D eigenvalue weighted by Gasteiger charge is -2.42. The average molecular weight is 473 g/mol. The van der Waals surface area contributed by atoms with Crippen LogP contribution in [0.2, 0.25) is 5.02 Å². The van der Waals surface area contributed by atoms with Gasteiger partial charge in [0.05, 0.1) is 9.64 Å². The maximum Gasteiger partial charge on any atom is 0.263 e. The van der Waals surface area contributed by atoms with E-state index in [1.54, 1.807) is 24.3 Å². The van der Waals surface area contributed by atoms with Crippen LogP contribution >= 0.6 is 11.6 Å². The first-order chi connectivity index (χ1) is 14.1. The first kappa shape index (κ1) is 22.7. The van der Waals surface area contributed by atoms with Crippen molar-refractivity contribution in [2.45, 2.75) is 29.5 Å². The molecule has 8 nitrogen and oxygen atoms in total. The normalized spacial score (nSPS) is 21.7. The smallest absolute Gasteiger partial charge is 0.263 e. The quantitative estimate of drug-likeness (QED) is 0.510. The second kappa shape index (κ2) is 8.64. The van der Waals surface area contributed by atoms with Crippen LogP contribution in [-0.4, -0.2) is 51.1 Å². The van der Waals surface area contributed by atoms with Crippen molar-refractivity contribution in [3.05, 3.63) is 53.6 Å². The molecule has 1 heterocycles. The molecule has 1 fully saturated rings. The molecule has 0 bridgehead atoms.